The van der Waals surface area contributed by atoms with E-state index in [9.17, 15) is 20.0 Å². The Balaban J connectivity index is 1.89. The first-order valence-electron chi connectivity index (χ1n) is 8.45. The van der Waals surface area contributed by atoms with Crippen LogP contribution in [0.15, 0.2) is 47.6 Å². The van der Waals surface area contributed by atoms with Crippen LogP contribution in [-0.4, -0.2) is 25.6 Å². The second-order valence-corrected chi connectivity index (χ2v) is 7.56. The van der Waals surface area contributed by atoms with Gasteiger partial charge in [-0.25, -0.2) is 9.78 Å². The van der Waals surface area contributed by atoms with Crippen molar-refractivity contribution in [1.82, 2.24) is 9.55 Å². The number of nitro benzene ring substituents is 1. The SMILES string of the molecule is CC(C)Cn1c(SCc2ccc([N+](=O)[O-])cc2)nc2cc(C(=O)O)ccc21. The number of carboxylic acid groups (broad SMARTS) is 1. The van der Waals surface area contributed by atoms with Crippen molar-refractivity contribution in [2.24, 2.45) is 5.92 Å². The molecule has 0 radical (unpaired) electrons. The third kappa shape index (κ3) is 4.28. The average molecular weight is 385 g/mol. The molecule has 0 aliphatic heterocycles. The zero-order valence-corrected chi connectivity index (χ0v) is 15.8. The van der Waals surface area contributed by atoms with E-state index >= 15 is 0 Å². The Morgan fingerprint density at radius 1 is 1.26 bits per heavy atom. The Bertz CT molecular complexity index is 996. The van der Waals surface area contributed by atoms with Crippen molar-refractivity contribution in [3.8, 4) is 0 Å². The lowest BCUT2D eigenvalue weighted by Gasteiger charge is -2.11. The van der Waals surface area contributed by atoms with Gasteiger partial charge in [0, 0.05) is 24.4 Å². The minimum absolute atomic E-state index is 0.0667. The molecule has 0 amide bonds. The van der Waals surface area contributed by atoms with Gasteiger partial charge in [0.1, 0.15) is 0 Å². The largest absolute Gasteiger partial charge is 0.478 e. The molecule has 0 spiro atoms. The number of rotatable bonds is 7. The molecule has 0 saturated carbocycles. The van der Waals surface area contributed by atoms with Gasteiger partial charge in [0.2, 0.25) is 0 Å². The highest BCUT2D eigenvalue weighted by Crippen LogP contribution is 2.29. The van der Waals surface area contributed by atoms with E-state index in [-0.39, 0.29) is 11.3 Å². The van der Waals surface area contributed by atoms with Gasteiger partial charge in [-0.1, -0.05) is 37.7 Å². The number of carbonyl (C=O) groups is 1. The second kappa shape index (κ2) is 7.79. The second-order valence-electron chi connectivity index (χ2n) is 6.62. The number of imidazole rings is 1. The van der Waals surface area contributed by atoms with Crippen molar-refractivity contribution in [2.75, 3.05) is 0 Å². The Hall–Kier alpha value is -2.87. The first-order chi connectivity index (χ1) is 12.8. The Morgan fingerprint density at radius 3 is 2.56 bits per heavy atom. The highest BCUT2D eigenvalue weighted by Gasteiger charge is 2.15. The number of fused-ring (bicyclic) bond motifs is 1. The first-order valence-corrected chi connectivity index (χ1v) is 9.43. The van der Waals surface area contributed by atoms with Crippen LogP contribution in [0.5, 0.6) is 0 Å². The molecule has 140 valence electrons. The summed E-state index contributed by atoms with van der Waals surface area (Å²) in [6.07, 6.45) is 0. The van der Waals surface area contributed by atoms with Gasteiger partial charge in [-0.05, 0) is 29.7 Å². The van der Waals surface area contributed by atoms with E-state index in [1.807, 2.05) is 0 Å². The molecule has 0 atom stereocenters. The fraction of sp³-hybridized carbons (Fsp3) is 0.263. The van der Waals surface area contributed by atoms with E-state index < -0.39 is 10.9 Å². The molecule has 2 aromatic carbocycles. The number of carboxylic acids is 1. The molecular formula is C19H19N3O4S. The van der Waals surface area contributed by atoms with Crippen LogP contribution in [0.2, 0.25) is 0 Å². The summed E-state index contributed by atoms with van der Waals surface area (Å²) in [4.78, 5) is 26.2. The maximum absolute atomic E-state index is 11.2. The average Bonchev–Trinajstić information content (AvgIpc) is 2.96. The lowest BCUT2D eigenvalue weighted by molar-refractivity contribution is -0.384. The van der Waals surface area contributed by atoms with Gasteiger partial charge >= 0.3 is 5.97 Å². The monoisotopic (exact) mass is 385 g/mol. The fourth-order valence-corrected chi connectivity index (χ4v) is 3.73. The van der Waals surface area contributed by atoms with E-state index in [1.54, 1.807) is 30.3 Å². The fourth-order valence-electron chi connectivity index (χ4n) is 2.75. The predicted molar refractivity (Wildman–Crippen MR) is 104 cm³/mol. The summed E-state index contributed by atoms with van der Waals surface area (Å²) in [7, 11) is 0. The van der Waals surface area contributed by atoms with Crippen molar-refractivity contribution in [2.45, 2.75) is 31.3 Å². The number of non-ortho nitro benzene ring substituents is 1. The van der Waals surface area contributed by atoms with Gasteiger partial charge in [0.25, 0.3) is 5.69 Å². The molecule has 0 fully saturated rings. The number of hydrogen-bond acceptors (Lipinski definition) is 5. The molecule has 0 saturated heterocycles. The molecule has 1 aromatic heterocycles. The van der Waals surface area contributed by atoms with Gasteiger partial charge in [-0.15, -0.1) is 0 Å². The van der Waals surface area contributed by atoms with Crippen LogP contribution in [-0.2, 0) is 12.3 Å². The number of aromatic carboxylic acids is 1. The normalized spacial score (nSPS) is 11.2. The number of thioether (sulfide) groups is 1. The standard InChI is InChI=1S/C19H19N3O4S/c1-12(2)10-21-17-8-5-14(18(23)24)9-16(17)20-19(21)27-11-13-3-6-15(7-4-13)22(25)26/h3-9,12H,10-11H2,1-2H3,(H,23,24). The smallest absolute Gasteiger partial charge is 0.335 e. The summed E-state index contributed by atoms with van der Waals surface area (Å²) in [6, 6.07) is 11.4. The molecule has 0 aliphatic carbocycles. The molecule has 27 heavy (non-hydrogen) atoms. The lowest BCUT2D eigenvalue weighted by Crippen LogP contribution is -2.06. The van der Waals surface area contributed by atoms with Crippen LogP contribution < -0.4 is 0 Å². The molecule has 3 rings (SSSR count). The van der Waals surface area contributed by atoms with E-state index in [4.69, 9.17) is 0 Å². The van der Waals surface area contributed by atoms with Crippen LogP contribution in [0.25, 0.3) is 11.0 Å². The Labute approximate surface area is 160 Å². The molecule has 3 aromatic rings. The third-order valence-electron chi connectivity index (χ3n) is 4.02. The van der Waals surface area contributed by atoms with E-state index in [0.29, 0.717) is 17.2 Å². The highest BCUT2D eigenvalue weighted by molar-refractivity contribution is 7.98. The maximum Gasteiger partial charge on any atom is 0.335 e. The number of nitrogens with zero attached hydrogens (tertiary/aromatic N) is 3. The highest BCUT2D eigenvalue weighted by atomic mass is 32.2. The minimum Gasteiger partial charge on any atom is -0.478 e. The van der Waals surface area contributed by atoms with E-state index in [0.717, 1.165) is 22.8 Å². The number of nitro groups is 1. The summed E-state index contributed by atoms with van der Waals surface area (Å²) < 4.78 is 2.10. The van der Waals surface area contributed by atoms with Gasteiger partial charge in [-0.3, -0.25) is 10.1 Å². The maximum atomic E-state index is 11.2. The van der Waals surface area contributed by atoms with Crippen LogP contribution in [0.4, 0.5) is 5.69 Å². The molecule has 1 N–H and O–H groups in total. The molecular weight excluding hydrogens is 366 g/mol. The Morgan fingerprint density at radius 2 is 1.96 bits per heavy atom. The van der Waals surface area contributed by atoms with Crippen molar-refractivity contribution in [1.29, 1.82) is 0 Å². The van der Waals surface area contributed by atoms with Crippen LogP contribution in [0.1, 0.15) is 29.8 Å². The lowest BCUT2D eigenvalue weighted by atomic mass is 10.2. The van der Waals surface area contributed by atoms with E-state index in [2.05, 4.69) is 23.4 Å². The number of hydrogen-bond donors (Lipinski definition) is 1. The summed E-state index contributed by atoms with van der Waals surface area (Å²) in [6.45, 7) is 5.00. The number of aromatic nitrogens is 2. The van der Waals surface area contributed by atoms with Crippen molar-refractivity contribution in [3.05, 3.63) is 63.7 Å². The van der Waals surface area contributed by atoms with Crippen molar-refractivity contribution < 1.29 is 14.8 Å². The molecule has 8 heteroatoms. The quantitative estimate of drug-likeness (QED) is 0.363. The minimum atomic E-state index is -0.976. The van der Waals surface area contributed by atoms with Crippen LogP contribution in [0.3, 0.4) is 0 Å². The Kier molecular flexibility index (Phi) is 5.46. The summed E-state index contributed by atoms with van der Waals surface area (Å²) in [5.74, 6) is 0.0428. The van der Waals surface area contributed by atoms with Crippen molar-refractivity contribution >= 4 is 34.5 Å². The molecule has 0 aliphatic rings. The van der Waals surface area contributed by atoms with E-state index in [1.165, 1.54) is 23.9 Å². The van der Waals surface area contributed by atoms with Gasteiger partial charge in [-0.2, -0.15) is 0 Å². The topological polar surface area (TPSA) is 98.3 Å². The summed E-state index contributed by atoms with van der Waals surface area (Å²) in [5, 5.41) is 20.8. The molecule has 1 heterocycles. The molecule has 7 nitrogen and oxygen atoms in total. The summed E-state index contributed by atoms with van der Waals surface area (Å²) in [5.41, 5.74) is 2.79. The van der Waals surface area contributed by atoms with Crippen LogP contribution >= 0.6 is 11.8 Å². The van der Waals surface area contributed by atoms with Gasteiger partial charge in [0.05, 0.1) is 21.5 Å². The van der Waals surface area contributed by atoms with Crippen molar-refractivity contribution in [3.63, 3.8) is 0 Å². The zero-order chi connectivity index (χ0) is 19.6. The summed E-state index contributed by atoms with van der Waals surface area (Å²) >= 11 is 1.53. The number of benzene rings is 2. The van der Waals surface area contributed by atoms with Crippen LogP contribution in [0, 0.1) is 16.0 Å². The predicted octanol–water partition coefficient (Wildman–Crippen LogP) is 4.59. The third-order valence-corrected chi connectivity index (χ3v) is 5.07. The first kappa shape index (κ1) is 18.9. The zero-order valence-electron chi connectivity index (χ0n) is 15.0. The van der Waals surface area contributed by atoms with Gasteiger partial charge < -0.3 is 9.67 Å². The molecule has 0 bridgehead atoms. The molecule has 0 unspecified atom stereocenters. The van der Waals surface area contributed by atoms with Gasteiger partial charge in [0.15, 0.2) is 5.16 Å².